The molecule has 1 heterocycles. The Hall–Kier alpha value is -0.380. The zero-order valence-electron chi connectivity index (χ0n) is 9.58. The van der Waals surface area contributed by atoms with Gasteiger partial charge in [-0.2, -0.15) is 0 Å². The summed E-state index contributed by atoms with van der Waals surface area (Å²) >= 11 is 0. The molecule has 1 fully saturated rings. The summed E-state index contributed by atoms with van der Waals surface area (Å²) in [7, 11) is 0. The minimum atomic E-state index is 0.441. The SMILES string of the molecule is C=CCCCCCC(NN)C1CCOC1. The van der Waals surface area contributed by atoms with Crippen LogP contribution in [-0.4, -0.2) is 19.3 Å². The van der Waals surface area contributed by atoms with Crippen molar-refractivity contribution in [3.05, 3.63) is 12.7 Å². The van der Waals surface area contributed by atoms with Crippen molar-refractivity contribution in [3.8, 4) is 0 Å². The fourth-order valence-corrected chi connectivity index (χ4v) is 2.15. The summed E-state index contributed by atoms with van der Waals surface area (Å²) in [5.41, 5.74) is 2.93. The number of ether oxygens (including phenoxy) is 1. The van der Waals surface area contributed by atoms with E-state index in [1.54, 1.807) is 0 Å². The van der Waals surface area contributed by atoms with E-state index in [4.69, 9.17) is 10.6 Å². The van der Waals surface area contributed by atoms with E-state index in [-0.39, 0.29) is 0 Å². The summed E-state index contributed by atoms with van der Waals surface area (Å²) in [6, 6.07) is 0.441. The van der Waals surface area contributed by atoms with Crippen molar-refractivity contribution in [1.82, 2.24) is 5.43 Å². The molecule has 0 spiro atoms. The molecule has 0 aliphatic carbocycles. The van der Waals surface area contributed by atoms with E-state index in [1.807, 2.05) is 6.08 Å². The summed E-state index contributed by atoms with van der Waals surface area (Å²) in [5, 5.41) is 0. The molecule has 3 heteroatoms. The monoisotopic (exact) mass is 212 g/mol. The minimum absolute atomic E-state index is 0.441. The molecule has 0 bridgehead atoms. The van der Waals surface area contributed by atoms with Crippen LogP contribution < -0.4 is 11.3 Å². The third kappa shape index (κ3) is 4.78. The van der Waals surface area contributed by atoms with Crippen molar-refractivity contribution in [2.24, 2.45) is 11.8 Å². The summed E-state index contributed by atoms with van der Waals surface area (Å²) in [4.78, 5) is 0. The molecule has 1 aliphatic rings. The standard InChI is InChI=1S/C12H24N2O/c1-2-3-4-5-6-7-12(14-13)11-8-9-15-10-11/h2,11-12,14H,1,3-10,13H2. The lowest BCUT2D eigenvalue weighted by Crippen LogP contribution is -2.41. The van der Waals surface area contributed by atoms with Gasteiger partial charge in [0.05, 0.1) is 6.61 Å². The van der Waals surface area contributed by atoms with Crippen LogP contribution in [0.1, 0.15) is 38.5 Å². The molecule has 2 atom stereocenters. The van der Waals surface area contributed by atoms with Gasteiger partial charge in [-0.05, 0) is 25.7 Å². The highest BCUT2D eigenvalue weighted by Gasteiger charge is 2.24. The lowest BCUT2D eigenvalue weighted by atomic mass is 9.94. The molecule has 3 nitrogen and oxygen atoms in total. The minimum Gasteiger partial charge on any atom is -0.381 e. The van der Waals surface area contributed by atoms with Crippen LogP contribution in [0.25, 0.3) is 0 Å². The number of nitrogens with one attached hydrogen (secondary N) is 1. The first-order valence-electron chi connectivity index (χ1n) is 6.03. The first kappa shape index (κ1) is 12.7. The quantitative estimate of drug-likeness (QED) is 0.280. The third-order valence-electron chi connectivity index (χ3n) is 3.17. The Bertz CT molecular complexity index is 167. The Morgan fingerprint density at radius 3 is 2.93 bits per heavy atom. The molecule has 2 unspecified atom stereocenters. The van der Waals surface area contributed by atoms with E-state index in [2.05, 4.69) is 12.0 Å². The van der Waals surface area contributed by atoms with Crippen LogP contribution >= 0.6 is 0 Å². The van der Waals surface area contributed by atoms with Gasteiger partial charge in [0.25, 0.3) is 0 Å². The highest BCUT2D eigenvalue weighted by atomic mass is 16.5. The first-order chi connectivity index (χ1) is 7.38. The van der Waals surface area contributed by atoms with Crippen LogP contribution in [0, 0.1) is 5.92 Å². The van der Waals surface area contributed by atoms with Crippen LogP contribution in [0.5, 0.6) is 0 Å². The zero-order chi connectivity index (χ0) is 10.9. The Balaban J connectivity index is 2.07. The molecule has 0 aromatic carbocycles. The molecule has 0 aromatic heterocycles. The normalized spacial score (nSPS) is 22.9. The Kier molecular flexibility index (Phi) is 6.64. The maximum Gasteiger partial charge on any atom is 0.0510 e. The van der Waals surface area contributed by atoms with Gasteiger partial charge in [-0.1, -0.05) is 18.9 Å². The molecule has 1 saturated heterocycles. The Morgan fingerprint density at radius 1 is 1.47 bits per heavy atom. The topological polar surface area (TPSA) is 47.3 Å². The molecule has 0 amide bonds. The second-order valence-corrected chi connectivity index (χ2v) is 4.32. The molecular weight excluding hydrogens is 188 g/mol. The second-order valence-electron chi connectivity index (χ2n) is 4.32. The van der Waals surface area contributed by atoms with E-state index < -0.39 is 0 Å². The lowest BCUT2D eigenvalue weighted by molar-refractivity contribution is 0.174. The van der Waals surface area contributed by atoms with Crippen molar-refractivity contribution in [1.29, 1.82) is 0 Å². The van der Waals surface area contributed by atoms with Gasteiger partial charge in [-0.3, -0.25) is 11.3 Å². The number of rotatable bonds is 8. The molecule has 3 N–H and O–H groups in total. The number of hydrogen-bond acceptors (Lipinski definition) is 3. The van der Waals surface area contributed by atoms with Crippen molar-refractivity contribution in [3.63, 3.8) is 0 Å². The lowest BCUT2D eigenvalue weighted by Gasteiger charge is -2.21. The third-order valence-corrected chi connectivity index (χ3v) is 3.17. The van der Waals surface area contributed by atoms with Gasteiger partial charge in [0.1, 0.15) is 0 Å². The number of unbranched alkanes of at least 4 members (excludes halogenated alkanes) is 3. The van der Waals surface area contributed by atoms with Crippen LogP contribution in [0.2, 0.25) is 0 Å². The van der Waals surface area contributed by atoms with Gasteiger partial charge in [0, 0.05) is 18.6 Å². The van der Waals surface area contributed by atoms with E-state index in [1.165, 1.54) is 25.7 Å². The van der Waals surface area contributed by atoms with Crippen molar-refractivity contribution in [2.45, 2.75) is 44.6 Å². The predicted octanol–water partition coefficient (Wildman–Crippen LogP) is 1.99. The van der Waals surface area contributed by atoms with Crippen molar-refractivity contribution < 1.29 is 4.74 Å². The van der Waals surface area contributed by atoms with E-state index in [0.717, 1.165) is 26.1 Å². The average molecular weight is 212 g/mol. The fourth-order valence-electron chi connectivity index (χ4n) is 2.15. The average Bonchev–Trinajstić information content (AvgIpc) is 2.77. The van der Waals surface area contributed by atoms with Crippen LogP contribution in [-0.2, 0) is 4.74 Å². The highest BCUT2D eigenvalue weighted by molar-refractivity contribution is 4.77. The van der Waals surface area contributed by atoms with E-state index in [0.29, 0.717) is 12.0 Å². The molecular formula is C12H24N2O. The number of hydrazine groups is 1. The van der Waals surface area contributed by atoms with Crippen LogP contribution in [0.3, 0.4) is 0 Å². The largest absolute Gasteiger partial charge is 0.381 e. The van der Waals surface area contributed by atoms with Gasteiger partial charge in [-0.25, -0.2) is 0 Å². The molecule has 1 rings (SSSR count). The van der Waals surface area contributed by atoms with E-state index in [9.17, 15) is 0 Å². The van der Waals surface area contributed by atoms with Gasteiger partial charge < -0.3 is 4.74 Å². The smallest absolute Gasteiger partial charge is 0.0510 e. The van der Waals surface area contributed by atoms with Gasteiger partial charge >= 0.3 is 0 Å². The number of nitrogens with two attached hydrogens (primary N) is 1. The highest BCUT2D eigenvalue weighted by Crippen LogP contribution is 2.20. The van der Waals surface area contributed by atoms with Gasteiger partial charge in [-0.15, -0.1) is 6.58 Å². The molecule has 0 radical (unpaired) electrons. The second kappa shape index (κ2) is 7.85. The Labute approximate surface area is 93.0 Å². The summed E-state index contributed by atoms with van der Waals surface area (Å²) in [6.07, 6.45) is 9.22. The fraction of sp³-hybridized carbons (Fsp3) is 0.833. The first-order valence-corrected chi connectivity index (χ1v) is 6.03. The van der Waals surface area contributed by atoms with Crippen LogP contribution in [0.4, 0.5) is 0 Å². The predicted molar refractivity (Wildman–Crippen MR) is 63.3 cm³/mol. The molecule has 15 heavy (non-hydrogen) atoms. The van der Waals surface area contributed by atoms with Gasteiger partial charge in [0.2, 0.25) is 0 Å². The number of allylic oxidation sites excluding steroid dienone is 1. The van der Waals surface area contributed by atoms with E-state index >= 15 is 0 Å². The molecule has 1 aliphatic heterocycles. The molecule has 0 saturated carbocycles. The van der Waals surface area contributed by atoms with Crippen molar-refractivity contribution in [2.75, 3.05) is 13.2 Å². The number of hydrogen-bond donors (Lipinski definition) is 2. The molecule has 0 aromatic rings. The molecule has 88 valence electrons. The maximum atomic E-state index is 5.57. The summed E-state index contributed by atoms with van der Waals surface area (Å²) in [6.45, 7) is 5.50. The maximum absolute atomic E-state index is 5.57. The summed E-state index contributed by atoms with van der Waals surface area (Å²) < 4.78 is 5.38. The zero-order valence-corrected chi connectivity index (χ0v) is 9.58. The summed E-state index contributed by atoms with van der Waals surface area (Å²) in [5.74, 6) is 6.19. The van der Waals surface area contributed by atoms with Crippen molar-refractivity contribution >= 4 is 0 Å². The van der Waals surface area contributed by atoms with Gasteiger partial charge in [0.15, 0.2) is 0 Å². The Morgan fingerprint density at radius 2 is 2.33 bits per heavy atom. The van der Waals surface area contributed by atoms with Crippen LogP contribution in [0.15, 0.2) is 12.7 Å².